The van der Waals surface area contributed by atoms with Gasteiger partial charge in [-0.1, -0.05) is 0 Å². The summed E-state index contributed by atoms with van der Waals surface area (Å²) >= 11 is 0. The summed E-state index contributed by atoms with van der Waals surface area (Å²) in [6.45, 7) is 4.03. The molecule has 3 heterocycles. The summed E-state index contributed by atoms with van der Waals surface area (Å²) in [4.78, 5) is 12.9. The van der Waals surface area contributed by atoms with Crippen molar-refractivity contribution in [1.82, 2.24) is 4.90 Å². The molecule has 0 aromatic rings. The van der Waals surface area contributed by atoms with Gasteiger partial charge in [0.15, 0.2) is 0 Å². The lowest BCUT2D eigenvalue weighted by Crippen LogP contribution is -2.49. The Hall–Kier alpha value is -0.770. The topological polar surface area (TPSA) is 55.6 Å². The van der Waals surface area contributed by atoms with Gasteiger partial charge in [-0.05, 0) is 31.8 Å². The quantitative estimate of drug-likeness (QED) is 0.676. The third kappa shape index (κ3) is 1.94. The fourth-order valence-electron chi connectivity index (χ4n) is 2.47. The molecular weight excluding hydrogens is 168 g/mol. The zero-order valence-corrected chi connectivity index (χ0v) is 7.74. The van der Waals surface area contributed by atoms with Crippen molar-refractivity contribution in [3.05, 3.63) is 0 Å². The zero-order chi connectivity index (χ0) is 9.26. The number of carbonyl (C=O) groups is 1. The van der Waals surface area contributed by atoms with Gasteiger partial charge < -0.3 is 15.4 Å². The highest BCUT2D eigenvalue weighted by Gasteiger charge is 2.34. The molecule has 3 aliphatic heterocycles. The van der Waals surface area contributed by atoms with Gasteiger partial charge in [0.1, 0.15) is 0 Å². The van der Waals surface area contributed by atoms with E-state index >= 15 is 0 Å². The summed E-state index contributed by atoms with van der Waals surface area (Å²) < 4.78 is 4.85. The minimum atomic E-state index is -0.642. The van der Waals surface area contributed by atoms with Gasteiger partial charge in [-0.15, -0.1) is 0 Å². The lowest BCUT2D eigenvalue weighted by atomic mass is 9.79. The Bertz CT molecular complexity index is 200. The Kier molecular flexibility index (Phi) is 2.40. The predicted octanol–water partition coefficient (Wildman–Crippen LogP) is 0.423. The first-order valence-electron chi connectivity index (χ1n) is 4.90. The minimum absolute atomic E-state index is 0.510. The number of hydrogen-bond acceptors (Lipinski definition) is 3. The van der Waals surface area contributed by atoms with Crippen molar-refractivity contribution in [2.45, 2.75) is 12.8 Å². The monoisotopic (exact) mass is 184 g/mol. The predicted molar refractivity (Wildman–Crippen MR) is 48.2 cm³/mol. The molecule has 1 amide bonds. The molecule has 0 aromatic carbocycles. The molecule has 3 aliphatic rings. The fourth-order valence-corrected chi connectivity index (χ4v) is 2.47. The average molecular weight is 184 g/mol. The molecule has 4 nitrogen and oxygen atoms in total. The third-order valence-electron chi connectivity index (χ3n) is 3.23. The first kappa shape index (κ1) is 8.81. The molecule has 0 radical (unpaired) electrons. The highest BCUT2D eigenvalue weighted by molar-refractivity contribution is 5.64. The number of carbonyl (C=O) groups excluding carboxylic acids is 1. The molecule has 3 rings (SSSR count). The van der Waals surface area contributed by atoms with Gasteiger partial charge in [-0.25, -0.2) is 4.79 Å². The van der Waals surface area contributed by atoms with E-state index in [2.05, 4.69) is 4.90 Å². The van der Waals surface area contributed by atoms with E-state index in [0.29, 0.717) is 12.5 Å². The highest BCUT2D eigenvalue weighted by atomic mass is 16.5. The molecule has 13 heavy (non-hydrogen) atoms. The second-order valence-electron chi connectivity index (χ2n) is 4.03. The van der Waals surface area contributed by atoms with Crippen molar-refractivity contribution in [3.8, 4) is 0 Å². The number of nitrogens with two attached hydrogens (primary N) is 1. The Balaban J connectivity index is 1.83. The molecule has 2 bridgehead atoms. The molecule has 3 saturated heterocycles. The van der Waals surface area contributed by atoms with Crippen molar-refractivity contribution in [2.24, 2.45) is 17.6 Å². The first-order valence-corrected chi connectivity index (χ1v) is 4.90. The Morgan fingerprint density at radius 3 is 2.62 bits per heavy atom. The molecule has 4 heteroatoms. The summed E-state index contributed by atoms with van der Waals surface area (Å²) in [5.41, 5.74) is 4.93. The van der Waals surface area contributed by atoms with E-state index in [1.165, 1.54) is 25.9 Å². The molecule has 1 atom stereocenters. The van der Waals surface area contributed by atoms with E-state index in [9.17, 15) is 4.79 Å². The van der Waals surface area contributed by atoms with Crippen LogP contribution >= 0.6 is 0 Å². The smallest absolute Gasteiger partial charge is 0.404 e. The van der Waals surface area contributed by atoms with Crippen molar-refractivity contribution >= 4 is 6.09 Å². The van der Waals surface area contributed by atoms with E-state index in [1.807, 2.05) is 0 Å². The van der Waals surface area contributed by atoms with E-state index in [-0.39, 0.29) is 0 Å². The van der Waals surface area contributed by atoms with Gasteiger partial charge in [0.2, 0.25) is 0 Å². The van der Waals surface area contributed by atoms with Crippen LogP contribution in [-0.4, -0.2) is 37.2 Å². The SMILES string of the molecule is NC(=O)OCC1CN2CCC1CC2. The molecule has 3 fully saturated rings. The number of hydrogen-bond donors (Lipinski definition) is 1. The van der Waals surface area contributed by atoms with Crippen LogP contribution in [0.15, 0.2) is 0 Å². The van der Waals surface area contributed by atoms with Crippen molar-refractivity contribution in [1.29, 1.82) is 0 Å². The fraction of sp³-hybridized carbons (Fsp3) is 0.889. The van der Waals surface area contributed by atoms with Crippen molar-refractivity contribution in [2.75, 3.05) is 26.2 Å². The van der Waals surface area contributed by atoms with E-state index in [1.54, 1.807) is 0 Å². The second kappa shape index (κ2) is 3.54. The molecule has 2 N–H and O–H groups in total. The average Bonchev–Trinajstić information content (AvgIpc) is 2.17. The van der Waals surface area contributed by atoms with Crippen LogP contribution < -0.4 is 5.73 Å². The summed E-state index contributed by atoms with van der Waals surface area (Å²) in [7, 11) is 0. The standard InChI is InChI=1S/C9H16N2O2/c10-9(12)13-6-8-5-11-3-1-7(8)2-4-11/h7-8H,1-6H2,(H2,10,12). The number of piperidine rings is 3. The largest absolute Gasteiger partial charge is 0.449 e. The van der Waals surface area contributed by atoms with Gasteiger partial charge in [0, 0.05) is 12.5 Å². The van der Waals surface area contributed by atoms with E-state index in [0.717, 1.165) is 12.5 Å². The highest BCUT2D eigenvalue weighted by Crippen LogP contribution is 2.32. The normalized spacial score (nSPS) is 37.4. The molecule has 0 spiro atoms. The lowest BCUT2D eigenvalue weighted by Gasteiger charge is -2.44. The lowest BCUT2D eigenvalue weighted by molar-refractivity contribution is 0.0143. The maximum Gasteiger partial charge on any atom is 0.404 e. The van der Waals surface area contributed by atoms with Crippen LogP contribution in [0.4, 0.5) is 4.79 Å². The summed E-state index contributed by atoms with van der Waals surface area (Å²) in [6.07, 6.45) is 1.87. The van der Waals surface area contributed by atoms with Crippen LogP contribution in [0.3, 0.4) is 0 Å². The molecule has 0 saturated carbocycles. The maximum absolute atomic E-state index is 10.4. The van der Waals surface area contributed by atoms with E-state index < -0.39 is 6.09 Å². The minimum Gasteiger partial charge on any atom is -0.449 e. The van der Waals surface area contributed by atoms with Crippen LogP contribution in [-0.2, 0) is 4.74 Å². The van der Waals surface area contributed by atoms with Gasteiger partial charge in [0.05, 0.1) is 6.61 Å². The first-order chi connectivity index (χ1) is 6.25. The molecule has 74 valence electrons. The number of ether oxygens (including phenoxy) is 1. The van der Waals surface area contributed by atoms with Gasteiger partial charge >= 0.3 is 6.09 Å². The number of fused-ring (bicyclic) bond motifs is 3. The summed E-state index contributed by atoms with van der Waals surface area (Å²) in [6, 6.07) is 0. The number of rotatable bonds is 2. The van der Waals surface area contributed by atoms with E-state index in [4.69, 9.17) is 10.5 Å². The molecule has 1 unspecified atom stereocenters. The maximum atomic E-state index is 10.4. The Morgan fingerprint density at radius 1 is 1.46 bits per heavy atom. The van der Waals surface area contributed by atoms with Crippen LogP contribution in [0.2, 0.25) is 0 Å². The van der Waals surface area contributed by atoms with Gasteiger partial charge in [-0.3, -0.25) is 0 Å². The van der Waals surface area contributed by atoms with Crippen molar-refractivity contribution in [3.63, 3.8) is 0 Å². The Morgan fingerprint density at radius 2 is 2.15 bits per heavy atom. The summed E-state index contributed by atoms with van der Waals surface area (Å²) in [5, 5.41) is 0. The zero-order valence-electron chi connectivity index (χ0n) is 7.74. The number of nitrogens with zero attached hydrogens (tertiary/aromatic N) is 1. The van der Waals surface area contributed by atoms with Crippen molar-refractivity contribution < 1.29 is 9.53 Å². The van der Waals surface area contributed by atoms with Gasteiger partial charge in [-0.2, -0.15) is 0 Å². The number of amides is 1. The molecule has 0 aromatic heterocycles. The van der Waals surface area contributed by atoms with Crippen LogP contribution in [0.1, 0.15) is 12.8 Å². The van der Waals surface area contributed by atoms with Gasteiger partial charge in [0.25, 0.3) is 0 Å². The second-order valence-corrected chi connectivity index (χ2v) is 4.03. The molecule has 0 aliphatic carbocycles. The van der Waals surface area contributed by atoms with Crippen LogP contribution in [0.25, 0.3) is 0 Å². The Labute approximate surface area is 78.0 Å². The molecular formula is C9H16N2O2. The van der Waals surface area contributed by atoms with Crippen LogP contribution in [0.5, 0.6) is 0 Å². The number of primary amides is 1. The summed E-state index contributed by atoms with van der Waals surface area (Å²) in [5.74, 6) is 1.28. The third-order valence-corrected chi connectivity index (χ3v) is 3.23. The van der Waals surface area contributed by atoms with Crippen LogP contribution in [0, 0.1) is 11.8 Å².